The predicted octanol–water partition coefficient (Wildman–Crippen LogP) is 2.49. The van der Waals surface area contributed by atoms with Gasteiger partial charge in [0, 0.05) is 19.3 Å². The van der Waals surface area contributed by atoms with Gasteiger partial charge in [-0.15, -0.1) is 0 Å². The number of rotatable bonds is 2. The topological polar surface area (TPSA) is 85.5 Å². The maximum atomic E-state index is 12.1. The first kappa shape index (κ1) is 17.5. The molecular weight excluding hydrogens is 318 g/mol. The molecule has 2 heterocycles. The lowest BCUT2D eigenvalue weighted by Gasteiger charge is -2.40. The lowest BCUT2D eigenvalue weighted by Crippen LogP contribution is -2.52. The summed E-state index contributed by atoms with van der Waals surface area (Å²) < 4.78 is 5.37. The molecule has 2 N–H and O–H groups in total. The van der Waals surface area contributed by atoms with Crippen LogP contribution in [-0.4, -0.2) is 40.6 Å². The summed E-state index contributed by atoms with van der Waals surface area (Å²) in [6.07, 6.45) is 2.08. The summed E-state index contributed by atoms with van der Waals surface area (Å²) in [5.41, 5.74) is 5.03. The van der Waals surface area contributed by atoms with Crippen LogP contribution in [-0.2, 0) is 14.9 Å². The number of carbonyl (C=O) groups excluding carboxylic acids is 2. The van der Waals surface area contributed by atoms with Crippen LogP contribution in [0.25, 0.3) is 0 Å². The maximum Gasteiger partial charge on any atom is 0.410 e. The van der Waals surface area contributed by atoms with E-state index in [9.17, 15) is 9.59 Å². The van der Waals surface area contributed by atoms with Crippen LogP contribution in [0.4, 0.5) is 4.79 Å². The lowest BCUT2D eigenvalue weighted by molar-refractivity contribution is -0.125. The molecule has 0 atom stereocenters. The van der Waals surface area contributed by atoms with Gasteiger partial charge in [0.05, 0.1) is 5.41 Å². The van der Waals surface area contributed by atoms with Crippen molar-refractivity contribution in [2.75, 3.05) is 13.1 Å². The van der Waals surface area contributed by atoms with Gasteiger partial charge >= 0.3 is 6.09 Å². The number of primary amides is 1. The minimum absolute atomic E-state index is 0.361. The molecule has 1 aromatic heterocycles. The molecule has 0 bridgehead atoms. The number of hydrogen-bond acceptors (Lipinski definition) is 4. The van der Waals surface area contributed by atoms with Crippen molar-refractivity contribution in [3.05, 3.63) is 29.0 Å². The molecule has 1 fully saturated rings. The standard InChI is InChI=1S/C16H22ClN3O3/c1-15(2,3)23-14(22)20-8-6-16(7-9-20,13(18)21)11-4-5-12(17)19-10-11/h4-5,10H,6-9H2,1-3H3,(H2,18,21). The molecule has 0 aromatic carbocycles. The number of carbonyl (C=O) groups is 2. The third-order valence-electron chi connectivity index (χ3n) is 4.02. The summed E-state index contributed by atoms with van der Waals surface area (Å²) in [6, 6.07) is 3.41. The molecular formula is C16H22ClN3O3. The van der Waals surface area contributed by atoms with Gasteiger partial charge in [0.1, 0.15) is 10.8 Å². The molecule has 0 radical (unpaired) electrons. The molecule has 0 saturated carbocycles. The number of piperidine rings is 1. The van der Waals surface area contributed by atoms with Gasteiger partial charge in [-0.2, -0.15) is 0 Å². The maximum absolute atomic E-state index is 12.1. The number of nitrogens with zero attached hydrogens (tertiary/aromatic N) is 2. The van der Waals surface area contributed by atoms with E-state index in [4.69, 9.17) is 22.1 Å². The molecule has 6 nitrogen and oxygen atoms in total. The molecule has 1 aliphatic heterocycles. The van der Waals surface area contributed by atoms with E-state index < -0.39 is 16.9 Å². The molecule has 0 spiro atoms. The van der Waals surface area contributed by atoms with Gasteiger partial charge in [-0.25, -0.2) is 9.78 Å². The number of nitrogens with two attached hydrogens (primary N) is 1. The first-order valence-corrected chi connectivity index (χ1v) is 7.92. The second-order valence-corrected chi connectivity index (χ2v) is 7.17. The zero-order chi connectivity index (χ0) is 17.3. The Hall–Kier alpha value is -1.82. The number of ether oxygens (including phenoxy) is 1. The number of pyridine rings is 1. The molecule has 1 aromatic rings. The van der Waals surface area contributed by atoms with Crippen molar-refractivity contribution in [2.24, 2.45) is 5.73 Å². The summed E-state index contributed by atoms with van der Waals surface area (Å²) in [5.74, 6) is -0.412. The van der Waals surface area contributed by atoms with Gasteiger partial charge in [-0.05, 0) is 45.2 Å². The third-order valence-corrected chi connectivity index (χ3v) is 4.24. The fourth-order valence-electron chi connectivity index (χ4n) is 2.73. The first-order chi connectivity index (χ1) is 10.6. The van der Waals surface area contributed by atoms with Crippen LogP contribution >= 0.6 is 11.6 Å². The van der Waals surface area contributed by atoms with Crippen molar-refractivity contribution in [2.45, 2.75) is 44.6 Å². The molecule has 23 heavy (non-hydrogen) atoms. The summed E-state index contributed by atoms with van der Waals surface area (Å²) in [7, 11) is 0. The fraction of sp³-hybridized carbons (Fsp3) is 0.562. The molecule has 126 valence electrons. The molecule has 1 aliphatic rings. The highest BCUT2D eigenvalue weighted by molar-refractivity contribution is 6.29. The molecule has 2 amide bonds. The van der Waals surface area contributed by atoms with Crippen LogP contribution in [0.3, 0.4) is 0 Å². The Bertz CT molecular complexity index is 588. The van der Waals surface area contributed by atoms with E-state index in [-0.39, 0.29) is 6.09 Å². The van der Waals surface area contributed by atoms with Crippen molar-refractivity contribution < 1.29 is 14.3 Å². The molecule has 7 heteroatoms. The van der Waals surface area contributed by atoms with E-state index in [1.807, 2.05) is 20.8 Å². The van der Waals surface area contributed by atoms with Crippen LogP contribution in [0.15, 0.2) is 18.3 Å². The minimum Gasteiger partial charge on any atom is -0.444 e. The van der Waals surface area contributed by atoms with Gasteiger partial charge < -0.3 is 15.4 Å². The van der Waals surface area contributed by atoms with E-state index in [0.29, 0.717) is 31.1 Å². The fourth-order valence-corrected chi connectivity index (χ4v) is 2.85. The smallest absolute Gasteiger partial charge is 0.410 e. The number of amides is 2. The van der Waals surface area contributed by atoms with Gasteiger partial charge in [0.25, 0.3) is 0 Å². The van der Waals surface area contributed by atoms with E-state index in [1.54, 1.807) is 23.2 Å². The van der Waals surface area contributed by atoms with Gasteiger partial charge in [-0.3, -0.25) is 4.79 Å². The minimum atomic E-state index is -0.823. The number of aromatic nitrogens is 1. The summed E-state index contributed by atoms with van der Waals surface area (Å²) in [5, 5.41) is 0.361. The number of likely N-dealkylation sites (tertiary alicyclic amines) is 1. The SMILES string of the molecule is CC(C)(C)OC(=O)N1CCC(C(N)=O)(c2ccc(Cl)nc2)CC1. The molecule has 0 unspecified atom stereocenters. The Morgan fingerprint density at radius 3 is 2.35 bits per heavy atom. The second kappa shape index (κ2) is 6.35. The normalized spacial score (nSPS) is 17.7. The Morgan fingerprint density at radius 2 is 1.91 bits per heavy atom. The van der Waals surface area contributed by atoms with Gasteiger partial charge in [-0.1, -0.05) is 17.7 Å². The quantitative estimate of drug-likeness (QED) is 0.839. The average Bonchev–Trinajstić information content (AvgIpc) is 2.46. The van der Waals surface area contributed by atoms with E-state index in [1.165, 1.54) is 0 Å². The Labute approximate surface area is 140 Å². The highest BCUT2D eigenvalue weighted by Gasteiger charge is 2.43. The monoisotopic (exact) mass is 339 g/mol. The average molecular weight is 340 g/mol. The summed E-state index contributed by atoms with van der Waals surface area (Å²) in [6.45, 7) is 6.27. The summed E-state index contributed by atoms with van der Waals surface area (Å²) in [4.78, 5) is 29.9. The van der Waals surface area contributed by atoms with E-state index in [0.717, 1.165) is 5.56 Å². The van der Waals surface area contributed by atoms with Crippen LogP contribution in [0.2, 0.25) is 5.15 Å². The van der Waals surface area contributed by atoms with E-state index >= 15 is 0 Å². The number of hydrogen-bond donors (Lipinski definition) is 1. The zero-order valence-corrected chi connectivity index (χ0v) is 14.4. The van der Waals surface area contributed by atoms with Crippen LogP contribution in [0.1, 0.15) is 39.2 Å². The molecule has 2 rings (SSSR count). The van der Waals surface area contributed by atoms with Gasteiger partial charge in [0.15, 0.2) is 0 Å². The Kier molecular flexibility index (Phi) is 4.84. The Morgan fingerprint density at radius 1 is 1.30 bits per heavy atom. The first-order valence-electron chi connectivity index (χ1n) is 7.54. The largest absolute Gasteiger partial charge is 0.444 e. The Balaban J connectivity index is 2.14. The van der Waals surface area contributed by atoms with Crippen LogP contribution in [0, 0.1) is 0 Å². The molecule has 1 saturated heterocycles. The van der Waals surface area contributed by atoms with Gasteiger partial charge in [0.2, 0.25) is 5.91 Å². The van der Waals surface area contributed by atoms with Crippen molar-refractivity contribution in [1.29, 1.82) is 0 Å². The number of halogens is 1. The predicted molar refractivity (Wildman–Crippen MR) is 87.2 cm³/mol. The van der Waals surface area contributed by atoms with Crippen molar-refractivity contribution in [3.8, 4) is 0 Å². The third kappa shape index (κ3) is 3.93. The molecule has 0 aliphatic carbocycles. The van der Waals surface area contributed by atoms with Crippen molar-refractivity contribution in [3.63, 3.8) is 0 Å². The highest BCUT2D eigenvalue weighted by atomic mass is 35.5. The zero-order valence-electron chi connectivity index (χ0n) is 13.6. The van der Waals surface area contributed by atoms with Crippen molar-refractivity contribution >= 4 is 23.6 Å². The van der Waals surface area contributed by atoms with Crippen molar-refractivity contribution in [1.82, 2.24) is 9.88 Å². The highest BCUT2D eigenvalue weighted by Crippen LogP contribution is 2.35. The van der Waals surface area contributed by atoms with Crippen LogP contribution in [0.5, 0.6) is 0 Å². The van der Waals surface area contributed by atoms with E-state index in [2.05, 4.69) is 4.98 Å². The summed E-state index contributed by atoms with van der Waals surface area (Å²) >= 11 is 5.81. The lowest BCUT2D eigenvalue weighted by atomic mass is 9.73. The second-order valence-electron chi connectivity index (χ2n) is 6.78. The van der Waals surface area contributed by atoms with Crippen LogP contribution < -0.4 is 5.73 Å².